The standard InChI is InChI=1S/C33H44N6O2/c1-4-5-7-27-11-8-24(2)20-29(27)35-22-26-10-12-28-31(21-26)39(23-30-32(40)13-9-25(3)36-30)33(37-28)34-14-6-15-38-16-18-41-19-17-38/h8-13,20-21,35,40H,4-7,14-19,22-23H2,1-3H3,(H,34,37). The molecule has 2 aromatic carbocycles. The van der Waals surface area contributed by atoms with Gasteiger partial charge >= 0.3 is 0 Å². The van der Waals surface area contributed by atoms with E-state index in [0.29, 0.717) is 12.2 Å². The number of anilines is 2. The minimum absolute atomic E-state index is 0.201. The van der Waals surface area contributed by atoms with E-state index in [0.717, 1.165) is 81.5 Å². The molecule has 1 aliphatic rings. The van der Waals surface area contributed by atoms with E-state index in [4.69, 9.17) is 9.72 Å². The molecular weight excluding hydrogens is 512 g/mol. The molecule has 0 spiro atoms. The number of hydrogen-bond donors (Lipinski definition) is 3. The van der Waals surface area contributed by atoms with Crippen LogP contribution in [0.4, 0.5) is 11.6 Å². The first-order valence-electron chi connectivity index (χ1n) is 15.0. The van der Waals surface area contributed by atoms with Crippen molar-refractivity contribution in [1.82, 2.24) is 19.4 Å². The third kappa shape index (κ3) is 7.57. The third-order valence-electron chi connectivity index (χ3n) is 7.80. The Hall–Kier alpha value is -3.62. The molecule has 5 rings (SSSR count). The van der Waals surface area contributed by atoms with Crippen LogP contribution in [0.3, 0.4) is 0 Å². The Balaban J connectivity index is 1.37. The molecule has 4 aromatic rings. The van der Waals surface area contributed by atoms with E-state index < -0.39 is 0 Å². The molecule has 0 atom stereocenters. The fourth-order valence-corrected chi connectivity index (χ4v) is 5.41. The molecule has 0 radical (unpaired) electrons. The van der Waals surface area contributed by atoms with Crippen molar-refractivity contribution in [2.24, 2.45) is 0 Å². The summed E-state index contributed by atoms with van der Waals surface area (Å²) >= 11 is 0. The maximum atomic E-state index is 10.6. The van der Waals surface area contributed by atoms with Gasteiger partial charge in [-0.25, -0.2) is 4.98 Å². The van der Waals surface area contributed by atoms with Gasteiger partial charge in [0.05, 0.1) is 30.8 Å². The van der Waals surface area contributed by atoms with Gasteiger partial charge in [0.25, 0.3) is 0 Å². The van der Waals surface area contributed by atoms with E-state index >= 15 is 0 Å². The second-order valence-electron chi connectivity index (χ2n) is 11.1. The Morgan fingerprint density at radius 2 is 1.80 bits per heavy atom. The van der Waals surface area contributed by atoms with Gasteiger partial charge in [-0.2, -0.15) is 0 Å². The summed E-state index contributed by atoms with van der Waals surface area (Å²) < 4.78 is 7.62. The minimum Gasteiger partial charge on any atom is -0.506 e. The molecule has 0 aliphatic carbocycles. The molecule has 0 bridgehead atoms. The normalized spacial score (nSPS) is 14.0. The predicted molar refractivity (Wildman–Crippen MR) is 167 cm³/mol. The fourth-order valence-electron chi connectivity index (χ4n) is 5.41. The molecule has 8 heteroatoms. The summed E-state index contributed by atoms with van der Waals surface area (Å²) in [5.41, 5.74) is 8.50. The van der Waals surface area contributed by atoms with Crippen LogP contribution in [-0.4, -0.2) is 63.9 Å². The Morgan fingerprint density at radius 3 is 2.63 bits per heavy atom. The van der Waals surface area contributed by atoms with Gasteiger partial charge in [-0.1, -0.05) is 31.5 Å². The van der Waals surface area contributed by atoms with Gasteiger partial charge in [0.1, 0.15) is 11.4 Å². The third-order valence-corrected chi connectivity index (χ3v) is 7.80. The molecular formula is C33H44N6O2. The number of hydrogen-bond acceptors (Lipinski definition) is 7. The van der Waals surface area contributed by atoms with Crippen molar-refractivity contribution in [2.75, 3.05) is 50.0 Å². The summed E-state index contributed by atoms with van der Waals surface area (Å²) in [5, 5.41) is 17.9. The molecule has 0 unspecified atom stereocenters. The van der Waals surface area contributed by atoms with Gasteiger partial charge in [-0.3, -0.25) is 9.88 Å². The molecule has 1 aliphatic heterocycles. The number of fused-ring (bicyclic) bond motifs is 1. The summed E-state index contributed by atoms with van der Waals surface area (Å²) in [4.78, 5) is 12.0. The molecule has 2 aromatic heterocycles. The Labute approximate surface area is 243 Å². The highest BCUT2D eigenvalue weighted by Gasteiger charge is 2.16. The zero-order valence-electron chi connectivity index (χ0n) is 24.7. The number of ether oxygens (including phenoxy) is 1. The van der Waals surface area contributed by atoms with Crippen LogP contribution < -0.4 is 10.6 Å². The van der Waals surface area contributed by atoms with Crippen LogP contribution in [-0.2, 0) is 24.2 Å². The minimum atomic E-state index is 0.201. The highest BCUT2D eigenvalue weighted by atomic mass is 16.5. The number of morpholine rings is 1. The number of pyridine rings is 1. The number of aryl methyl sites for hydroxylation is 3. The Morgan fingerprint density at radius 1 is 0.951 bits per heavy atom. The smallest absolute Gasteiger partial charge is 0.204 e. The van der Waals surface area contributed by atoms with Gasteiger partial charge < -0.3 is 25.0 Å². The van der Waals surface area contributed by atoms with E-state index in [1.807, 2.05) is 13.0 Å². The van der Waals surface area contributed by atoms with Crippen LogP contribution in [0.15, 0.2) is 48.5 Å². The number of aromatic hydroxyl groups is 1. The van der Waals surface area contributed by atoms with E-state index in [2.05, 4.69) is 75.3 Å². The number of benzene rings is 2. The average Bonchev–Trinajstić information content (AvgIpc) is 3.32. The van der Waals surface area contributed by atoms with Crippen molar-refractivity contribution >= 4 is 22.7 Å². The maximum absolute atomic E-state index is 10.6. The highest BCUT2D eigenvalue weighted by Crippen LogP contribution is 2.26. The number of aromatic nitrogens is 3. The van der Waals surface area contributed by atoms with Crippen molar-refractivity contribution in [3.8, 4) is 5.75 Å². The molecule has 0 saturated carbocycles. The van der Waals surface area contributed by atoms with Crippen molar-refractivity contribution in [1.29, 1.82) is 0 Å². The number of nitrogens with zero attached hydrogens (tertiary/aromatic N) is 4. The summed E-state index contributed by atoms with van der Waals surface area (Å²) in [6.07, 6.45) is 4.47. The van der Waals surface area contributed by atoms with E-state index in [1.54, 1.807) is 6.07 Å². The van der Waals surface area contributed by atoms with Crippen LogP contribution in [0.5, 0.6) is 5.75 Å². The SMILES string of the molecule is CCCCc1ccc(C)cc1NCc1ccc2nc(NCCCN3CCOCC3)n(Cc3nc(C)ccc3O)c2c1. The molecule has 8 nitrogen and oxygen atoms in total. The Bertz CT molecular complexity index is 1440. The largest absolute Gasteiger partial charge is 0.506 e. The van der Waals surface area contributed by atoms with Gasteiger partial charge in [0.2, 0.25) is 5.95 Å². The molecule has 41 heavy (non-hydrogen) atoms. The van der Waals surface area contributed by atoms with Gasteiger partial charge in [-0.05, 0) is 86.7 Å². The van der Waals surface area contributed by atoms with Gasteiger partial charge in [0, 0.05) is 37.6 Å². The first kappa shape index (κ1) is 28.9. The zero-order valence-corrected chi connectivity index (χ0v) is 24.7. The Kier molecular flexibility index (Phi) is 9.75. The van der Waals surface area contributed by atoms with Crippen molar-refractivity contribution < 1.29 is 9.84 Å². The molecule has 3 heterocycles. The van der Waals surface area contributed by atoms with Crippen LogP contribution in [0.1, 0.15) is 54.3 Å². The molecule has 218 valence electrons. The van der Waals surface area contributed by atoms with Crippen LogP contribution in [0.25, 0.3) is 11.0 Å². The molecule has 0 amide bonds. The number of imidazole rings is 1. The first-order valence-corrected chi connectivity index (χ1v) is 15.0. The summed E-state index contributed by atoms with van der Waals surface area (Å²) in [5.74, 6) is 1.00. The van der Waals surface area contributed by atoms with Gasteiger partial charge in [0.15, 0.2) is 0 Å². The lowest BCUT2D eigenvalue weighted by molar-refractivity contribution is 0.0378. The van der Waals surface area contributed by atoms with Crippen molar-refractivity contribution in [3.63, 3.8) is 0 Å². The number of unbranched alkanes of at least 4 members (excludes halogenated alkanes) is 1. The molecule has 1 saturated heterocycles. The zero-order chi connectivity index (χ0) is 28.6. The predicted octanol–water partition coefficient (Wildman–Crippen LogP) is 5.89. The second-order valence-corrected chi connectivity index (χ2v) is 11.1. The average molecular weight is 557 g/mol. The number of nitrogens with one attached hydrogen (secondary N) is 2. The summed E-state index contributed by atoms with van der Waals surface area (Å²) in [6, 6.07) is 16.7. The fraction of sp³-hybridized carbons (Fsp3) is 0.455. The lowest BCUT2D eigenvalue weighted by atomic mass is 10.0. The van der Waals surface area contributed by atoms with Crippen LogP contribution >= 0.6 is 0 Å². The number of rotatable bonds is 13. The quantitative estimate of drug-likeness (QED) is 0.177. The summed E-state index contributed by atoms with van der Waals surface area (Å²) in [7, 11) is 0. The van der Waals surface area contributed by atoms with Crippen molar-refractivity contribution in [3.05, 3.63) is 76.6 Å². The van der Waals surface area contributed by atoms with E-state index in [1.165, 1.54) is 35.2 Å². The highest BCUT2D eigenvalue weighted by molar-refractivity contribution is 5.80. The lowest BCUT2D eigenvalue weighted by Crippen LogP contribution is -2.37. The van der Waals surface area contributed by atoms with Crippen molar-refractivity contribution in [2.45, 2.75) is 59.5 Å². The molecule has 3 N–H and O–H groups in total. The van der Waals surface area contributed by atoms with Gasteiger partial charge in [-0.15, -0.1) is 0 Å². The monoisotopic (exact) mass is 556 g/mol. The van der Waals surface area contributed by atoms with Crippen LogP contribution in [0.2, 0.25) is 0 Å². The lowest BCUT2D eigenvalue weighted by Gasteiger charge is -2.26. The second kappa shape index (κ2) is 13.8. The maximum Gasteiger partial charge on any atom is 0.204 e. The molecule has 1 fully saturated rings. The van der Waals surface area contributed by atoms with E-state index in [9.17, 15) is 5.11 Å². The van der Waals surface area contributed by atoms with E-state index in [-0.39, 0.29) is 5.75 Å². The summed E-state index contributed by atoms with van der Waals surface area (Å²) in [6.45, 7) is 13.0. The topological polar surface area (TPSA) is 87.5 Å². The first-order chi connectivity index (χ1) is 20.0. The van der Waals surface area contributed by atoms with Crippen LogP contribution in [0, 0.1) is 13.8 Å².